The summed E-state index contributed by atoms with van der Waals surface area (Å²) < 4.78 is 30.2. The Labute approximate surface area is 406 Å². The molecule has 68 heavy (non-hydrogen) atoms. The highest BCUT2D eigenvalue weighted by Gasteiger charge is 2.31. The van der Waals surface area contributed by atoms with Crippen molar-refractivity contribution in [1.29, 1.82) is 0 Å². The molecule has 0 spiro atoms. The summed E-state index contributed by atoms with van der Waals surface area (Å²) >= 11 is 8.32. The molecule has 1 atom stereocenters. The number of nitrogens with zero attached hydrogens (tertiary/aromatic N) is 6. The van der Waals surface area contributed by atoms with Crippen molar-refractivity contribution >= 4 is 45.1 Å². The Morgan fingerprint density at radius 1 is 0.912 bits per heavy atom. The van der Waals surface area contributed by atoms with E-state index in [0.717, 1.165) is 110 Å². The fraction of sp³-hybridized carbons (Fsp3) is 0.423. The topological polar surface area (TPSA) is 161 Å². The van der Waals surface area contributed by atoms with Crippen LogP contribution in [0.3, 0.4) is 0 Å². The molecule has 3 aromatic carbocycles. The highest BCUT2D eigenvalue weighted by atomic mass is 35.5. The number of amides is 1. The first-order chi connectivity index (χ1) is 33.1. The number of para-hydroxylation sites is 1. The molecule has 2 aliphatic carbocycles. The lowest BCUT2D eigenvalue weighted by Gasteiger charge is -2.32. The summed E-state index contributed by atoms with van der Waals surface area (Å²) in [4.78, 5) is 45.2. The van der Waals surface area contributed by atoms with Gasteiger partial charge in [-0.2, -0.15) is 4.37 Å². The molecule has 0 radical (unpaired) electrons. The van der Waals surface area contributed by atoms with E-state index in [9.17, 15) is 14.7 Å². The van der Waals surface area contributed by atoms with E-state index in [4.69, 9.17) is 44.9 Å². The molecule has 3 aromatic heterocycles. The van der Waals surface area contributed by atoms with Crippen LogP contribution >= 0.6 is 23.1 Å². The zero-order valence-electron chi connectivity index (χ0n) is 38.8. The number of nitrogens with one attached hydrogen (secondary N) is 1. The molecule has 1 aliphatic heterocycles. The van der Waals surface area contributed by atoms with E-state index in [0.29, 0.717) is 57.1 Å². The number of ether oxygens (including phenoxy) is 4. The number of methoxy groups -OCH3 is 1. The van der Waals surface area contributed by atoms with Gasteiger partial charge in [0.25, 0.3) is 5.91 Å². The molecular weight excluding hydrogens is 902 g/mol. The number of hydrogen-bond acceptors (Lipinski definition) is 13. The Balaban J connectivity index is 0.920. The number of carboxylic acid groups (broad SMARTS) is 1. The van der Waals surface area contributed by atoms with Crippen LogP contribution < -0.4 is 24.3 Å². The molecule has 2 N–H and O–H groups in total. The van der Waals surface area contributed by atoms with Gasteiger partial charge in [-0.15, -0.1) is 0 Å². The lowest BCUT2D eigenvalue weighted by atomic mass is 9.79. The van der Waals surface area contributed by atoms with E-state index in [1.54, 1.807) is 43.6 Å². The van der Waals surface area contributed by atoms with Gasteiger partial charge in [0.2, 0.25) is 12.0 Å². The molecule has 2 saturated carbocycles. The molecule has 1 saturated heterocycles. The van der Waals surface area contributed by atoms with Crippen LogP contribution in [0.5, 0.6) is 23.1 Å². The van der Waals surface area contributed by atoms with E-state index in [1.807, 2.05) is 43.5 Å². The number of carbonyl (C=O) groups is 2. The van der Waals surface area contributed by atoms with Gasteiger partial charge < -0.3 is 34.3 Å². The highest BCUT2D eigenvalue weighted by molar-refractivity contribution is 7.13. The van der Waals surface area contributed by atoms with Crippen molar-refractivity contribution in [3.8, 4) is 45.6 Å². The van der Waals surface area contributed by atoms with Crippen molar-refractivity contribution in [2.45, 2.75) is 89.4 Å². The van der Waals surface area contributed by atoms with Crippen molar-refractivity contribution in [3.05, 3.63) is 106 Å². The minimum atomic E-state index is -1.30. The van der Waals surface area contributed by atoms with Crippen LogP contribution in [-0.4, -0.2) is 112 Å². The van der Waals surface area contributed by atoms with Crippen LogP contribution in [-0.2, 0) is 17.8 Å². The van der Waals surface area contributed by atoms with Gasteiger partial charge in [0, 0.05) is 74.6 Å². The standard InChI is InChI=1S/C52H58ClN7O7S/c1-32-38(18-19-41(47(32)53)65-27-26-60-24-22-59(2)23-25-60)45-46-44(30-55-48(45)33-11-9-12-33)68-58-51(46)67-43(52(62)63)28-34-10-7-8-15-40(34)66-31-37-20-21-54-49(56-37)39-17-16-35(29-42(39)64-3)50(61)57-36-13-5-4-6-14-36/h7-8,10,15-21,29-30,33,36,43H,4-6,9,11-14,22-28,31H2,1-3H3,(H,57,61)(H,62,63). The summed E-state index contributed by atoms with van der Waals surface area (Å²) in [7, 11) is 3.70. The van der Waals surface area contributed by atoms with Gasteiger partial charge in [-0.05, 0) is 104 Å². The molecule has 1 unspecified atom stereocenters. The summed E-state index contributed by atoms with van der Waals surface area (Å²) in [6.45, 7) is 7.52. The van der Waals surface area contributed by atoms with Crippen molar-refractivity contribution in [1.82, 2.24) is 34.4 Å². The molecule has 9 rings (SSSR count). The summed E-state index contributed by atoms with van der Waals surface area (Å²) in [6.07, 6.45) is 10.7. The second kappa shape index (κ2) is 21.6. The molecule has 0 bridgehead atoms. The molecule has 3 aliphatic rings. The third-order valence-corrected chi connectivity index (χ3v) is 14.8. The number of fused-ring (bicyclic) bond motifs is 1. The number of aliphatic carboxylic acids is 1. The molecule has 4 heterocycles. The molecule has 16 heteroatoms. The first-order valence-corrected chi connectivity index (χ1v) is 24.8. The summed E-state index contributed by atoms with van der Waals surface area (Å²) in [5.74, 6) is 1.23. The van der Waals surface area contributed by atoms with Gasteiger partial charge in [0.15, 0.2) is 5.82 Å². The Hall–Kier alpha value is -5.87. The second-order valence-corrected chi connectivity index (χ2v) is 19.2. The quantitative estimate of drug-likeness (QED) is 0.0839. The number of hydrogen-bond donors (Lipinski definition) is 2. The average Bonchev–Trinajstić information content (AvgIpc) is 3.75. The normalized spacial score (nSPS) is 16.5. The monoisotopic (exact) mass is 959 g/mol. The Morgan fingerprint density at radius 2 is 1.71 bits per heavy atom. The van der Waals surface area contributed by atoms with Crippen molar-refractivity contribution in [3.63, 3.8) is 0 Å². The van der Waals surface area contributed by atoms with Crippen LogP contribution in [0.4, 0.5) is 0 Å². The number of pyridine rings is 1. The fourth-order valence-electron chi connectivity index (χ4n) is 9.29. The number of carbonyl (C=O) groups excluding carboxylic acids is 1. The molecule has 3 fully saturated rings. The zero-order chi connectivity index (χ0) is 47.1. The second-order valence-electron chi connectivity index (χ2n) is 18.1. The molecule has 6 aromatic rings. The number of piperazine rings is 1. The molecule has 356 valence electrons. The van der Waals surface area contributed by atoms with Gasteiger partial charge in [-0.25, -0.2) is 14.8 Å². The third-order valence-electron chi connectivity index (χ3n) is 13.5. The average molecular weight is 961 g/mol. The zero-order valence-corrected chi connectivity index (χ0v) is 40.4. The number of benzene rings is 3. The van der Waals surface area contributed by atoms with E-state index >= 15 is 0 Å². The van der Waals surface area contributed by atoms with E-state index in [-0.39, 0.29) is 36.8 Å². The van der Waals surface area contributed by atoms with Crippen molar-refractivity contribution in [2.24, 2.45) is 0 Å². The van der Waals surface area contributed by atoms with Gasteiger partial charge in [-0.3, -0.25) is 14.7 Å². The van der Waals surface area contributed by atoms with Crippen LogP contribution in [0.15, 0.2) is 73.1 Å². The van der Waals surface area contributed by atoms with Gasteiger partial charge in [-0.1, -0.05) is 61.5 Å². The van der Waals surface area contributed by atoms with E-state index < -0.39 is 12.1 Å². The fourth-order valence-corrected chi connectivity index (χ4v) is 10.2. The number of likely N-dealkylation sites (N-methyl/N-ethyl adjacent to an activating group) is 1. The van der Waals surface area contributed by atoms with Gasteiger partial charge >= 0.3 is 5.97 Å². The number of halogens is 1. The summed E-state index contributed by atoms with van der Waals surface area (Å²) in [6, 6.07) is 18.5. The highest BCUT2D eigenvalue weighted by Crippen LogP contribution is 2.48. The Bertz CT molecular complexity index is 2750. The van der Waals surface area contributed by atoms with E-state index in [1.165, 1.54) is 18.0 Å². The largest absolute Gasteiger partial charge is 0.496 e. The third kappa shape index (κ3) is 10.7. The molecule has 14 nitrogen and oxygen atoms in total. The number of carboxylic acids is 1. The van der Waals surface area contributed by atoms with Crippen LogP contribution in [0, 0.1) is 6.92 Å². The maximum absolute atomic E-state index is 13.1. The lowest BCUT2D eigenvalue weighted by molar-refractivity contribution is -0.145. The van der Waals surface area contributed by atoms with Crippen molar-refractivity contribution < 1.29 is 33.6 Å². The molecule has 1 amide bonds. The predicted octanol–water partition coefficient (Wildman–Crippen LogP) is 9.40. The predicted molar refractivity (Wildman–Crippen MR) is 264 cm³/mol. The first kappa shape index (κ1) is 47.2. The SMILES string of the molecule is COc1cc(C(=O)NC2CCCCC2)ccc1-c1nccc(COc2ccccc2CC(Oc2nsc3cnc(C4CCC4)c(-c4ccc(OCCN5CCN(C)CC5)c(Cl)c4C)c23)C(=O)O)n1. The summed E-state index contributed by atoms with van der Waals surface area (Å²) in [5.41, 5.74) is 5.91. The van der Waals surface area contributed by atoms with E-state index in [2.05, 4.69) is 27.1 Å². The van der Waals surface area contributed by atoms with Crippen LogP contribution in [0.1, 0.15) is 90.2 Å². The molecular formula is C52H58ClN7O7S. The smallest absolute Gasteiger partial charge is 0.345 e. The lowest BCUT2D eigenvalue weighted by Crippen LogP contribution is -2.45. The maximum atomic E-state index is 13.1. The first-order valence-electron chi connectivity index (χ1n) is 23.7. The van der Waals surface area contributed by atoms with Gasteiger partial charge in [0.05, 0.1) is 39.2 Å². The minimum absolute atomic E-state index is 0.00164. The van der Waals surface area contributed by atoms with Gasteiger partial charge in [0.1, 0.15) is 30.5 Å². The minimum Gasteiger partial charge on any atom is -0.496 e. The van der Waals surface area contributed by atoms with Crippen molar-refractivity contribution in [2.75, 3.05) is 53.5 Å². The van der Waals surface area contributed by atoms with Crippen LogP contribution in [0.25, 0.3) is 32.6 Å². The number of aromatic nitrogens is 4. The number of rotatable bonds is 18. The van der Waals surface area contributed by atoms with Crippen LogP contribution in [0.2, 0.25) is 5.02 Å². The Morgan fingerprint density at radius 3 is 2.47 bits per heavy atom. The Kier molecular flexibility index (Phi) is 15.0. The summed E-state index contributed by atoms with van der Waals surface area (Å²) in [5, 5.41) is 15.1. The maximum Gasteiger partial charge on any atom is 0.345 e.